The van der Waals surface area contributed by atoms with E-state index in [1.165, 1.54) is 0 Å². The van der Waals surface area contributed by atoms with Gasteiger partial charge in [-0.05, 0) is 33.6 Å². The molecule has 1 aromatic heterocycles. The number of aromatic nitrogens is 1. The highest BCUT2D eigenvalue weighted by molar-refractivity contribution is 5.82. The molecule has 2 rings (SSSR count). The number of nitrogens with one attached hydrogen (secondary N) is 2. The van der Waals surface area contributed by atoms with Crippen LogP contribution in [0.2, 0.25) is 0 Å². The summed E-state index contributed by atoms with van der Waals surface area (Å²) in [5, 5.41) is 9.85. The van der Waals surface area contributed by atoms with E-state index in [4.69, 9.17) is 9.26 Å². The zero-order valence-electron chi connectivity index (χ0n) is 16.1. The number of rotatable bonds is 9. The molecule has 0 saturated carbocycles. The van der Waals surface area contributed by atoms with Crippen LogP contribution in [0.4, 0.5) is 0 Å². The number of nitrogens with zero attached hydrogens (tertiary/aromatic N) is 2. The van der Waals surface area contributed by atoms with Gasteiger partial charge in [-0.3, -0.25) is 14.5 Å². The summed E-state index contributed by atoms with van der Waals surface area (Å²) < 4.78 is 10.3. The maximum Gasteiger partial charge on any atom is 0.237 e. The number of ether oxygens (including phenoxy) is 1. The summed E-state index contributed by atoms with van der Waals surface area (Å²) in [4.78, 5) is 26.7. The first-order chi connectivity index (χ1) is 12.5. The minimum Gasteiger partial charge on any atom is -0.383 e. The van der Waals surface area contributed by atoms with E-state index in [0.717, 1.165) is 17.0 Å². The third kappa shape index (κ3) is 5.28. The number of likely N-dealkylation sites (tertiary alicyclic amines) is 1. The third-order valence-electron chi connectivity index (χ3n) is 4.79. The lowest BCUT2D eigenvalue weighted by Crippen LogP contribution is -2.44. The van der Waals surface area contributed by atoms with Crippen molar-refractivity contribution in [2.45, 2.75) is 52.1 Å². The average Bonchev–Trinajstić information content (AvgIpc) is 3.15. The highest BCUT2D eigenvalue weighted by Crippen LogP contribution is 2.19. The number of carbonyl (C=O) groups is 2. The van der Waals surface area contributed by atoms with Crippen LogP contribution >= 0.6 is 0 Å². The second-order valence-electron chi connectivity index (χ2n) is 6.70. The van der Waals surface area contributed by atoms with Gasteiger partial charge in [0.2, 0.25) is 11.8 Å². The second kappa shape index (κ2) is 9.68. The van der Waals surface area contributed by atoms with Crippen LogP contribution in [0.3, 0.4) is 0 Å². The number of aryl methyl sites for hydroxylation is 2. The van der Waals surface area contributed by atoms with Gasteiger partial charge in [-0.15, -0.1) is 0 Å². The lowest BCUT2D eigenvalue weighted by atomic mass is 10.1. The number of carbonyl (C=O) groups excluding carboxylic acids is 2. The van der Waals surface area contributed by atoms with Gasteiger partial charge in [-0.25, -0.2) is 0 Å². The quantitative estimate of drug-likeness (QED) is 0.663. The smallest absolute Gasteiger partial charge is 0.237 e. The predicted molar refractivity (Wildman–Crippen MR) is 96.8 cm³/mol. The number of likely N-dealkylation sites (N-methyl/N-ethyl adjacent to an activating group) is 1. The molecule has 0 aromatic carbocycles. The van der Waals surface area contributed by atoms with Crippen molar-refractivity contribution in [3.8, 4) is 0 Å². The monoisotopic (exact) mass is 366 g/mol. The highest BCUT2D eigenvalue weighted by Gasteiger charge is 2.36. The Labute approximate surface area is 154 Å². The van der Waals surface area contributed by atoms with Crippen molar-refractivity contribution < 1.29 is 18.8 Å². The van der Waals surface area contributed by atoms with E-state index in [9.17, 15) is 9.59 Å². The number of hydrogen-bond acceptors (Lipinski definition) is 6. The van der Waals surface area contributed by atoms with Gasteiger partial charge in [-0.1, -0.05) is 5.16 Å². The maximum atomic E-state index is 12.3. The largest absolute Gasteiger partial charge is 0.383 e. The van der Waals surface area contributed by atoms with Crippen molar-refractivity contribution in [1.82, 2.24) is 20.7 Å². The van der Waals surface area contributed by atoms with Gasteiger partial charge in [-0.2, -0.15) is 0 Å². The summed E-state index contributed by atoms with van der Waals surface area (Å²) >= 11 is 0. The molecule has 146 valence electrons. The number of hydrogen-bond donors (Lipinski definition) is 2. The molecule has 0 unspecified atom stereocenters. The molecule has 1 aliphatic rings. The third-order valence-corrected chi connectivity index (χ3v) is 4.79. The van der Waals surface area contributed by atoms with Crippen molar-refractivity contribution in [1.29, 1.82) is 0 Å². The van der Waals surface area contributed by atoms with Crippen LogP contribution in [0.15, 0.2) is 4.52 Å². The summed E-state index contributed by atoms with van der Waals surface area (Å²) in [5.41, 5.74) is 1.83. The molecule has 0 aliphatic carbocycles. The molecule has 1 aromatic rings. The van der Waals surface area contributed by atoms with Crippen LogP contribution in [0.5, 0.6) is 0 Å². The van der Waals surface area contributed by atoms with Gasteiger partial charge in [0.25, 0.3) is 0 Å². The fraction of sp³-hybridized carbons (Fsp3) is 0.722. The first-order valence-corrected chi connectivity index (χ1v) is 9.18. The summed E-state index contributed by atoms with van der Waals surface area (Å²) in [6.07, 6.45) is 1.60. The van der Waals surface area contributed by atoms with E-state index in [0.29, 0.717) is 45.5 Å². The lowest BCUT2D eigenvalue weighted by molar-refractivity contribution is -0.125. The minimum absolute atomic E-state index is 0.0103. The summed E-state index contributed by atoms with van der Waals surface area (Å²) in [6.45, 7) is 8.12. The van der Waals surface area contributed by atoms with E-state index in [-0.39, 0.29) is 23.9 Å². The van der Waals surface area contributed by atoms with E-state index in [1.54, 1.807) is 7.11 Å². The second-order valence-corrected chi connectivity index (χ2v) is 6.70. The van der Waals surface area contributed by atoms with Crippen molar-refractivity contribution in [2.24, 2.45) is 0 Å². The molecule has 2 N–H and O–H groups in total. The molecule has 1 fully saturated rings. The zero-order chi connectivity index (χ0) is 19.1. The van der Waals surface area contributed by atoms with Crippen molar-refractivity contribution >= 4 is 11.8 Å². The molecule has 0 bridgehead atoms. The Bertz CT molecular complexity index is 597. The zero-order valence-corrected chi connectivity index (χ0v) is 16.1. The Balaban J connectivity index is 1.87. The molecule has 1 saturated heterocycles. The van der Waals surface area contributed by atoms with Gasteiger partial charge in [0, 0.05) is 44.8 Å². The summed E-state index contributed by atoms with van der Waals surface area (Å²) in [7, 11) is 1.64. The molecule has 1 aliphatic heterocycles. The van der Waals surface area contributed by atoms with Crippen LogP contribution in [0, 0.1) is 13.8 Å². The topological polar surface area (TPSA) is 96.7 Å². The summed E-state index contributed by atoms with van der Waals surface area (Å²) in [5.74, 6) is 0.757. The fourth-order valence-corrected chi connectivity index (χ4v) is 3.43. The van der Waals surface area contributed by atoms with Gasteiger partial charge in [0.05, 0.1) is 18.3 Å². The van der Waals surface area contributed by atoms with E-state index in [1.807, 2.05) is 20.8 Å². The Kier molecular flexibility index (Phi) is 7.59. The van der Waals surface area contributed by atoms with Crippen molar-refractivity contribution in [3.05, 3.63) is 17.0 Å². The normalized spacial score (nSPS) is 20.3. The van der Waals surface area contributed by atoms with Gasteiger partial charge in [0.15, 0.2) is 0 Å². The van der Waals surface area contributed by atoms with Gasteiger partial charge in [0.1, 0.15) is 5.76 Å². The first-order valence-electron chi connectivity index (χ1n) is 9.18. The van der Waals surface area contributed by atoms with Crippen LogP contribution in [-0.2, 0) is 20.7 Å². The van der Waals surface area contributed by atoms with Crippen LogP contribution < -0.4 is 10.6 Å². The molecule has 2 atom stereocenters. The molecule has 0 radical (unpaired) electrons. The van der Waals surface area contributed by atoms with E-state index in [2.05, 4.69) is 20.7 Å². The maximum absolute atomic E-state index is 12.3. The minimum atomic E-state index is -0.224. The molecule has 8 nitrogen and oxygen atoms in total. The Hall–Kier alpha value is -1.93. The Morgan fingerprint density at radius 1 is 1.38 bits per heavy atom. The van der Waals surface area contributed by atoms with E-state index < -0.39 is 0 Å². The molecular formula is C18H30N4O4. The Morgan fingerprint density at radius 3 is 2.77 bits per heavy atom. The van der Waals surface area contributed by atoms with E-state index >= 15 is 0 Å². The fourth-order valence-electron chi connectivity index (χ4n) is 3.43. The van der Waals surface area contributed by atoms with Crippen LogP contribution in [0.25, 0.3) is 0 Å². The predicted octanol–water partition coefficient (Wildman–Crippen LogP) is 0.566. The molecular weight excluding hydrogens is 336 g/mol. The van der Waals surface area contributed by atoms with Crippen molar-refractivity contribution in [3.63, 3.8) is 0 Å². The molecule has 8 heteroatoms. The van der Waals surface area contributed by atoms with Crippen LogP contribution in [-0.4, -0.2) is 67.3 Å². The molecule has 0 spiro atoms. The van der Waals surface area contributed by atoms with Crippen LogP contribution in [0.1, 0.15) is 36.8 Å². The molecule has 2 heterocycles. The lowest BCUT2D eigenvalue weighted by Gasteiger charge is -2.22. The standard InChI is InChI=1S/C18H30N4O4/c1-5-19-18(24)16-10-14(11-22(16)8-9-25-4)20-17(23)7-6-15-12(2)21-26-13(15)3/h14,16H,5-11H2,1-4H3,(H,19,24)(H,20,23)/t14-,16-/m0/s1. The number of amides is 2. The van der Waals surface area contributed by atoms with Gasteiger partial charge < -0.3 is 19.9 Å². The Morgan fingerprint density at radius 2 is 2.15 bits per heavy atom. The number of methoxy groups -OCH3 is 1. The van der Waals surface area contributed by atoms with Gasteiger partial charge >= 0.3 is 0 Å². The SMILES string of the molecule is CCNC(=O)[C@@H]1C[C@H](NC(=O)CCc2c(C)noc2C)CN1CCOC. The average molecular weight is 366 g/mol. The first kappa shape index (κ1) is 20.4. The van der Waals surface area contributed by atoms with Crippen molar-refractivity contribution in [2.75, 3.05) is 33.4 Å². The summed E-state index contributed by atoms with van der Waals surface area (Å²) in [6, 6.07) is -0.255. The molecule has 26 heavy (non-hydrogen) atoms. The molecule has 2 amide bonds. The highest BCUT2D eigenvalue weighted by atomic mass is 16.5.